The van der Waals surface area contributed by atoms with E-state index < -0.39 is 0 Å². The number of benzene rings is 2. The Morgan fingerprint density at radius 1 is 1.03 bits per heavy atom. The summed E-state index contributed by atoms with van der Waals surface area (Å²) in [6.07, 6.45) is 0.378. The van der Waals surface area contributed by atoms with E-state index in [0.717, 1.165) is 43.3 Å². The highest BCUT2D eigenvalue weighted by atomic mass is 32.2. The minimum atomic E-state index is 0.0875. The van der Waals surface area contributed by atoms with Crippen LogP contribution in [-0.2, 0) is 16.1 Å². The summed E-state index contributed by atoms with van der Waals surface area (Å²) in [5.74, 6) is 0.677. The predicted molar refractivity (Wildman–Crippen MR) is 117 cm³/mol. The Morgan fingerprint density at radius 3 is 2.62 bits per heavy atom. The average Bonchev–Trinajstić information content (AvgIpc) is 2.73. The molecule has 0 N–H and O–H groups in total. The molecular formula is C23H27N3O2S. The summed E-state index contributed by atoms with van der Waals surface area (Å²) in [7, 11) is 0. The van der Waals surface area contributed by atoms with Gasteiger partial charge in [0, 0.05) is 50.6 Å². The van der Waals surface area contributed by atoms with Gasteiger partial charge in [-0.15, -0.1) is 11.8 Å². The van der Waals surface area contributed by atoms with Crippen LogP contribution in [0.1, 0.15) is 17.5 Å². The van der Waals surface area contributed by atoms with Gasteiger partial charge in [-0.05, 0) is 24.6 Å². The van der Waals surface area contributed by atoms with E-state index in [-0.39, 0.29) is 11.8 Å². The fraction of sp³-hybridized carbons (Fsp3) is 0.391. The van der Waals surface area contributed by atoms with E-state index in [1.54, 1.807) is 16.7 Å². The van der Waals surface area contributed by atoms with Gasteiger partial charge in [-0.25, -0.2) is 0 Å². The van der Waals surface area contributed by atoms with Crippen LogP contribution >= 0.6 is 11.8 Å². The molecule has 1 saturated heterocycles. The van der Waals surface area contributed by atoms with Crippen LogP contribution in [-0.4, -0.2) is 60.1 Å². The number of para-hydroxylation sites is 1. The number of piperazine rings is 1. The summed E-state index contributed by atoms with van der Waals surface area (Å²) in [6.45, 7) is 6.79. The number of rotatable bonds is 5. The van der Waals surface area contributed by atoms with Crippen molar-refractivity contribution in [2.45, 2.75) is 24.8 Å². The van der Waals surface area contributed by atoms with Gasteiger partial charge in [-0.1, -0.05) is 42.0 Å². The molecule has 0 bridgehead atoms. The maximum Gasteiger partial charge on any atom is 0.237 e. The van der Waals surface area contributed by atoms with Gasteiger partial charge in [0.25, 0.3) is 0 Å². The van der Waals surface area contributed by atoms with E-state index in [1.807, 2.05) is 29.2 Å². The van der Waals surface area contributed by atoms with E-state index in [0.29, 0.717) is 18.7 Å². The van der Waals surface area contributed by atoms with Crippen molar-refractivity contribution < 1.29 is 9.59 Å². The summed E-state index contributed by atoms with van der Waals surface area (Å²) in [5, 5.41) is 0. The third-order valence-corrected chi connectivity index (χ3v) is 6.62. The van der Waals surface area contributed by atoms with Crippen molar-refractivity contribution in [3.8, 4) is 0 Å². The maximum absolute atomic E-state index is 12.7. The van der Waals surface area contributed by atoms with Gasteiger partial charge in [0.1, 0.15) is 0 Å². The van der Waals surface area contributed by atoms with Crippen LogP contribution in [0, 0.1) is 6.92 Å². The lowest BCUT2D eigenvalue weighted by Crippen LogP contribution is -2.49. The molecule has 0 aliphatic carbocycles. The molecule has 0 unspecified atom stereocenters. The molecule has 0 atom stereocenters. The fourth-order valence-electron chi connectivity index (χ4n) is 3.99. The van der Waals surface area contributed by atoms with Gasteiger partial charge in [0.05, 0.1) is 11.4 Å². The Bertz CT molecular complexity index is 893. The van der Waals surface area contributed by atoms with Crippen LogP contribution in [0.3, 0.4) is 0 Å². The molecule has 2 aromatic rings. The Morgan fingerprint density at radius 2 is 1.83 bits per heavy atom. The van der Waals surface area contributed by atoms with Crippen LogP contribution in [0.25, 0.3) is 0 Å². The van der Waals surface area contributed by atoms with Crippen molar-refractivity contribution in [3.63, 3.8) is 0 Å². The number of nitrogens with zero attached hydrogens (tertiary/aromatic N) is 3. The fourth-order valence-corrected chi connectivity index (χ4v) is 4.92. The van der Waals surface area contributed by atoms with Crippen molar-refractivity contribution >= 4 is 29.3 Å². The van der Waals surface area contributed by atoms with Gasteiger partial charge in [-0.2, -0.15) is 0 Å². The number of fused-ring (bicyclic) bond motifs is 1. The monoisotopic (exact) mass is 409 g/mol. The maximum atomic E-state index is 12.7. The highest BCUT2D eigenvalue weighted by molar-refractivity contribution is 8.00. The van der Waals surface area contributed by atoms with E-state index in [1.165, 1.54) is 11.1 Å². The smallest absolute Gasteiger partial charge is 0.237 e. The second kappa shape index (κ2) is 9.01. The van der Waals surface area contributed by atoms with E-state index in [4.69, 9.17) is 0 Å². The molecule has 4 rings (SSSR count). The molecule has 1 fully saturated rings. The van der Waals surface area contributed by atoms with Crippen molar-refractivity contribution in [1.82, 2.24) is 9.80 Å². The average molecular weight is 410 g/mol. The molecule has 0 aromatic heterocycles. The Labute approximate surface area is 176 Å². The van der Waals surface area contributed by atoms with Crippen molar-refractivity contribution in [2.75, 3.05) is 43.4 Å². The molecule has 0 saturated carbocycles. The minimum Gasteiger partial charge on any atom is -0.340 e. The summed E-state index contributed by atoms with van der Waals surface area (Å²) < 4.78 is 0. The lowest BCUT2D eigenvalue weighted by Gasteiger charge is -2.35. The second-order valence-corrected chi connectivity index (χ2v) is 8.71. The topological polar surface area (TPSA) is 43.9 Å². The number of carbonyl (C=O) groups excluding carboxylic acids is 2. The third kappa shape index (κ3) is 4.82. The predicted octanol–water partition coefficient (Wildman–Crippen LogP) is 3.17. The number of carbonyl (C=O) groups is 2. The summed E-state index contributed by atoms with van der Waals surface area (Å²) in [5.41, 5.74) is 3.54. The van der Waals surface area contributed by atoms with Crippen LogP contribution in [0.15, 0.2) is 53.4 Å². The quantitative estimate of drug-likeness (QED) is 0.761. The standard InChI is InChI=1S/C23H27N3O2S/c1-18-5-4-6-19(15-18)16-24-11-13-25(14-12-24)22(27)9-10-26-20-7-2-3-8-21(20)29-17-23(26)28/h2-8,15H,9-14,16-17H2,1H3. The van der Waals surface area contributed by atoms with E-state index in [9.17, 15) is 9.59 Å². The van der Waals surface area contributed by atoms with Gasteiger partial charge < -0.3 is 9.80 Å². The molecule has 2 aromatic carbocycles. The first-order chi connectivity index (χ1) is 14.1. The van der Waals surface area contributed by atoms with Gasteiger partial charge in [0.2, 0.25) is 11.8 Å². The molecule has 6 heteroatoms. The molecule has 5 nitrogen and oxygen atoms in total. The number of aryl methyl sites for hydroxylation is 1. The van der Waals surface area contributed by atoms with Crippen LogP contribution in [0.4, 0.5) is 5.69 Å². The van der Waals surface area contributed by atoms with Gasteiger partial charge >= 0.3 is 0 Å². The van der Waals surface area contributed by atoms with E-state index >= 15 is 0 Å². The molecule has 29 heavy (non-hydrogen) atoms. The second-order valence-electron chi connectivity index (χ2n) is 7.70. The summed E-state index contributed by atoms with van der Waals surface area (Å²) in [6, 6.07) is 16.5. The first-order valence-corrected chi connectivity index (χ1v) is 11.2. The third-order valence-electron chi connectivity index (χ3n) is 5.57. The van der Waals surface area contributed by atoms with Gasteiger partial charge in [0.15, 0.2) is 0 Å². The largest absolute Gasteiger partial charge is 0.340 e. The molecule has 2 aliphatic heterocycles. The number of hydrogen-bond acceptors (Lipinski definition) is 4. The van der Waals surface area contributed by atoms with Crippen molar-refractivity contribution in [3.05, 3.63) is 59.7 Å². The highest BCUT2D eigenvalue weighted by Gasteiger charge is 2.26. The van der Waals surface area contributed by atoms with Crippen molar-refractivity contribution in [2.24, 2.45) is 0 Å². The zero-order valence-electron chi connectivity index (χ0n) is 16.8. The first-order valence-electron chi connectivity index (χ1n) is 10.2. The lowest BCUT2D eigenvalue weighted by atomic mass is 10.1. The number of hydrogen-bond donors (Lipinski definition) is 0. The SMILES string of the molecule is Cc1cccc(CN2CCN(C(=O)CCN3C(=O)CSc4ccccc43)CC2)c1. The summed E-state index contributed by atoms with van der Waals surface area (Å²) in [4.78, 5) is 32.3. The minimum absolute atomic E-state index is 0.0875. The lowest BCUT2D eigenvalue weighted by molar-refractivity contribution is -0.132. The Hall–Kier alpha value is -2.31. The highest BCUT2D eigenvalue weighted by Crippen LogP contribution is 2.34. The Kier molecular flexibility index (Phi) is 6.21. The molecule has 2 aliphatic rings. The van der Waals surface area contributed by atoms with Crippen molar-refractivity contribution in [1.29, 1.82) is 0 Å². The molecular weight excluding hydrogens is 382 g/mol. The van der Waals surface area contributed by atoms with Crippen LogP contribution in [0.2, 0.25) is 0 Å². The first kappa shape index (κ1) is 20.0. The number of thioether (sulfide) groups is 1. The molecule has 0 radical (unpaired) electrons. The molecule has 2 heterocycles. The van der Waals surface area contributed by atoms with E-state index in [2.05, 4.69) is 36.1 Å². The Balaban J connectivity index is 1.28. The zero-order chi connectivity index (χ0) is 20.2. The van der Waals surface area contributed by atoms with Crippen LogP contribution in [0.5, 0.6) is 0 Å². The number of anilines is 1. The van der Waals surface area contributed by atoms with Crippen LogP contribution < -0.4 is 4.90 Å². The number of amides is 2. The molecule has 2 amide bonds. The molecule has 0 spiro atoms. The molecule has 152 valence electrons. The zero-order valence-corrected chi connectivity index (χ0v) is 17.7. The van der Waals surface area contributed by atoms with Gasteiger partial charge in [-0.3, -0.25) is 14.5 Å². The summed E-state index contributed by atoms with van der Waals surface area (Å²) >= 11 is 1.57. The normalized spacial score (nSPS) is 17.3.